The third-order valence-corrected chi connectivity index (χ3v) is 5.01. The third-order valence-electron chi connectivity index (χ3n) is 5.01. The van der Waals surface area contributed by atoms with Crippen LogP contribution >= 0.6 is 0 Å². The molecule has 1 heterocycles. The van der Waals surface area contributed by atoms with E-state index in [1.165, 1.54) is 35.9 Å². The second kappa shape index (κ2) is 9.90. The molecule has 170 valence electrons. The fourth-order valence-electron chi connectivity index (χ4n) is 3.11. The Labute approximate surface area is 190 Å². The average molecular weight is 449 g/mol. The molecule has 8 nitrogen and oxygen atoms in total. The molecule has 0 bridgehead atoms. The minimum atomic E-state index is -1.52. The lowest BCUT2D eigenvalue weighted by molar-refractivity contribution is -0.121. The van der Waals surface area contributed by atoms with Gasteiger partial charge in [0.25, 0.3) is 5.56 Å². The van der Waals surface area contributed by atoms with Crippen LogP contribution in [0.5, 0.6) is 0 Å². The number of carbonyl (C=O) groups is 2. The van der Waals surface area contributed by atoms with Gasteiger partial charge >= 0.3 is 6.03 Å². The minimum absolute atomic E-state index is 0.112. The van der Waals surface area contributed by atoms with Crippen molar-refractivity contribution in [2.45, 2.75) is 25.8 Å². The second-order valence-electron chi connectivity index (χ2n) is 7.71. The number of carbonyl (C=O) groups excluding carboxylic acids is 2. The highest BCUT2D eigenvalue weighted by Crippen LogP contribution is 2.20. The van der Waals surface area contributed by atoms with Crippen molar-refractivity contribution < 1.29 is 14.0 Å². The smallest absolute Gasteiger partial charge is 0.320 e. The molecule has 3 aromatic rings. The SMILES string of the molecule is Cc1ccc(NC(=O)NC(C)(CC=N)C(=O)Nc2ccc(-n3ccccc3=O)cc2F)cc1. The maximum atomic E-state index is 14.7. The molecule has 0 spiro atoms. The second-order valence-corrected chi connectivity index (χ2v) is 7.71. The molecule has 0 saturated heterocycles. The van der Waals surface area contributed by atoms with Crippen molar-refractivity contribution in [2.75, 3.05) is 10.6 Å². The summed E-state index contributed by atoms with van der Waals surface area (Å²) in [4.78, 5) is 37.4. The number of pyridine rings is 1. The zero-order valence-electron chi connectivity index (χ0n) is 18.2. The number of benzene rings is 2. The van der Waals surface area contributed by atoms with Gasteiger partial charge in [0.05, 0.1) is 11.4 Å². The van der Waals surface area contributed by atoms with Crippen LogP contribution in [0.25, 0.3) is 5.69 Å². The highest BCUT2D eigenvalue weighted by atomic mass is 19.1. The van der Waals surface area contributed by atoms with Gasteiger partial charge in [-0.05, 0) is 50.4 Å². The Morgan fingerprint density at radius 3 is 2.45 bits per heavy atom. The van der Waals surface area contributed by atoms with Crippen molar-refractivity contribution in [3.63, 3.8) is 0 Å². The highest BCUT2D eigenvalue weighted by molar-refractivity contribution is 6.03. The van der Waals surface area contributed by atoms with E-state index in [1.807, 2.05) is 19.1 Å². The Morgan fingerprint density at radius 2 is 1.82 bits per heavy atom. The van der Waals surface area contributed by atoms with E-state index in [-0.39, 0.29) is 17.7 Å². The van der Waals surface area contributed by atoms with Crippen molar-refractivity contribution in [2.24, 2.45) is 0 Å². The summed E-state index contributed by atoms with van der Waals surface area (Å²) in [5, 5.41) is 15.1. The summed E-state index contributed by atoms with van der Waals surface area (Å²) in [6.45, 7) is 3.36. The summed E-state index contributed by atoms with van der Waals surface area (Å²) < 4.78 is 16.0. The first-order chi connectivity index (χ1) is 15.7. The van der Waals surface area contributed by atoms with Crippen LogP contribution in [-0.2, 0) is 4.79 Å². The molecule has 0 aliphatic carbocycles. The highest BCUT2D eigenvalue weighted by Gasteiger charge is 2.34. The topological polar surface area (TPSA) is 116 Å². The van der Waals surface area contributed by atoms with Crippen LogP contribution in [0.4, 0.5) is 20.6 Å². The number of hydrogen-bond donors (Lipinski definition) is 4. The van der Waals surface area contributed by atoms with E-state index in [4.69, 9.17) is 5.41 Å². The predicted molar refractivity (Wildman–Crippen MR) is 126 cm³/mol. The minimum Gasteiger partial charge on any atom is -0.323 e. The first kappa shape index (κ1) is 23.4. The van der Waals surface area contributed by atoms with E-state index >= 15 is 0 Å². The first-order valence-corrected chi connectivity index (χ1v) is 10.2. The average Bonchev–Trinajstić information content (AvgIpc) is 2.77. The van der Waals surface area contributed by atoms with E-state index in [0.717, 1.165) is 17.8 Å². The molecular formula is C24H24FN5O3. The van der Waals surface area contributed by atoms with Gasteiger partial charge in [-0.1, -0.05) is 23.8 Å². The molecular weight excluding hydrogens is 425 g/mol. The summed E-state index contributed by atoms with van der Waals surface area (Å²) in [5.74, 6) is -1.45. The zero-order chi connectivity index (χ0) is 24.0. The van der Waals surface area contributed by atoms with Crippen LogP contribution < -0.4 is 21.5 Å². The fourth-order valence-corrected chi connectivity index (χ4v) is 3.11. The third kappa shape index (κ3) is 5.70. The van der Waals surface area contributed by atoms with E-state index in [2.05, 4.69) is 16.0 Å². The van der Waals surface area contributed by atoms with Crippen LogP contribution in [0.15, 0.2) is 71.7 Å². The summed E-state index contributed by atoms with van der Waals surface area (Å²) in [5.41, 5.74) is -0.0970. The van der Waals surface area contributed by atoms with Gasteiger partial charge in [0.15, 0.2) is 0 Å². The molecule has 0 aliphatic rings. The molecule has 3 amide bonds. The van der Waals surface area contributed by atoms with Gasteiger partial charge in [-0.2, -0.15) is 0 Å². The Balaban J connectivity index is 1.75. The lowest BCUT2D eigenvalue weighted by Crippen LogP contribution is -2.56. The summed E-state index contributed by atoms with van der Waals surface area (Å²) in [7, 11) is 0. The number of urea groups is 1. The van der Waals surface area contributed by atoms with Crippen LogP contribution in [0.2, 0.25) is 0 Å². The van der Waals surface area contributed by atoms with Crippen molar-refractivity contribution in [3.8, 4) is 5.69 Å². The molecule has 1 aromatic heterocycles. The summed E-state index contributed by atoms with van der Waals surface area (Å²) in [6, 6.07) is 15.0. The number of anilines is 2. The van der Waals surface area contributed by atoms with Gasteiger partial charge in [0.1, 0.15) is 11.4 Å². The molecule has 0 aliphatic heterocycles. The standard InChI is InChI=1S/C24H24FN5O3/c1-16-6-8-17(9-7-16)27-23(33)29-24(2,12-13-26)22(32)28-20-11-10-18(15-19(20)25)30-14-4-3-5-21(30)31/h3-11,13-15,26H,12H2,1-2H3,(H,28,32)(H2,27,29,33). The van der Waals surface area contributed by atoms with Crippen molar-refractivity contribution >= 4 is 29.5 Å². The number of amides is 3. The Kier molecular flexibility index (Phi) is 7.02. The number of nitrogens with one attached hydrogen (secondary N) is 4. The molecule has 2 aromatic carbocycles. The van der Waals surface area contributed by atoms with Crippen molar-refractivity contribution in [3.05, 3.63) is 88.6 Å². The molecule has 0 radical (unpaired) electrons. The molecule has 1 unspecified atom stereocenters. The molecule has 9 heteroatoms. The van der Waals surface area contributed by atoms with Gasteiger partial charge in [0, 0.05) is 30.4 Å². The van der Waals surface area contributed by atoms with Crippen LogP contribution in [0, 0.1) is 18.2 Å². The maximum Gasteiger partial charge on any atom is 0.320 e. The maximum absolute atomic E-state index is 14.7. The number of aromatic nitrogens is 1. The van der Waals surface area contributed by atoms with Crippen molar-refractivity contribution in [1.82, 2.24) is 9.88 Å². The number of nitrogens with zero attached hydrogens (tertiary/aromatic N) is 1. The van der Waals surface area contributed by atoms with Crippen molar-refractivity contribution in [1.29, 1.82) is 5.41 Å². The fraction of sp³-hybridized carbons (Fsp3) is 0.167. The van der Waals surface area contributed by atoms with Gasteiger partial charge < -0.3 is 21.4 Å². The molecule has 0 fully saturated rings. The van der Waals surface area contributed by atoms with Gasteiger partial charge in [-0.3, -0.25) is 14.2 Å². The number of rotatable bonds is 7. The van der Waals surface area contributed by atoms with Gasteiger partial charge in [-0.25, -0.2) is 9.18 Å². The van der Waals surface area contributed by atoms with E-state index in [9.17, 15) is 18.8 Å². The van der Waals surface area contributed by atoms with Gasteiger partial charge in [0.2, 0.25) is 5.91 Å². The van der Waals surface area contributed by atoms with Crippen LogP contribution in [0.1, 0.15) is 18.9 Å². The molecule has 4 N–H and O–H groups in total. The Hall–Kier alpha value is -4.27. The molecule has 1 atom stereocenters. The number of halogens is 1. The summed E-state index contributed by atoms with van der Waals surface area (Å²) in [6.07, 6.45) is 2.39. The molecule has 0 saturated carbocycles. The predicted octanol–water partition coefficient (Wildman–Crippen LogP) is 3.84. The lowest BCUT2D eigenvalue weighted by Gasteiger charge is -2.28. The van der Waals surface area contributed by atoms with E-state index < -0.39 is 23.3 Å². The Bertz CT molecular complexity index is 1240. The van der Waals surface area contributed by atoms with E-state index in [0.29, 0.717) is 11.4 Å². The van der Waals surface area contributed by atoms with Crippen LogP contribution in [0.3, 0.4) is 0 Å². The quantitative estimate of drug-likeness (QED) is 0.411. The lowest BCUT2D eigenvalue weighted by atomic mass is 9.97. The Morgan fingerprint density at radius 1 is 1.09 bits per heavy atom. The monoisotopic (exact) mass is 449 g/mol. The molecule has 3 rings (SSSR count). The number of hydrogen-bond acceptors (Lipinski definition) is 4. The summed E-state index contributed by atoms with van der Waals surface area (Å²) >= 11 is 0. The normalized spacial score (nSPS) is 12.3. The van der Waals surface area contributed by atoms with Gasteiger partial charge in [-0.15, -0.1) is 0 Å². The number of aryl methyl sites for hydroxylation is 1. The largest absolute Gasteiger partial charge is 0.323 e. The first-order valence-electron chi connectivity index (χ1n) is 10.2. The van der Waals surface area contributed by atoms with Crippen LogP contribution in [-0.4, -0.2) is 28.3 Å². The molecule has 33 heavy (non-hydrogen) atoms. The van der Waals surface area contributed by atoms with E-state index in [1.54, 1.807) is 24.3 Å². The zero-order valence-corrected chi connectivity index (χ0v) is 18.2.